The summed E-state index contributed by atoms with van der Waals surface area (Å²) in [6.45, 7) is 2.02. The van der Waals surface area contributed by atoms with E-state index < -0.39 is 0 Å². The van der Waals surface area contributed by atoms with Gasteiger partial charge < -0.3 is 14.2 Å². The first-order valence-electron chi connectivity index (χ1n) is 7.64. The third-order valence-corrected chi connectivity index (χ3v) is 5.70. The topological polar surface area (TPSA) is 27.7 Å². The van der Waals surface area contributed by atoms with Crippen molar-refractivity contribution in [1.29, 1.82) is 0 Å². The van der Waals surface area contributed by atoms with Crippen molar-refractivity contribution in [3.8, 4) is 17.2 Å². The molecule has 0 bridgehead atoms. The molecule has 2 fully saturated rings. The number of benzene rings is 1. The van der Waals surface area contributed by atoms with Crippen molar-refractivity contribution >= 4 is 11.6 Å². The number of hydrogen-bond donors (Lipinski definition) is 0. The van der Waals surface area contributed by atoms with E-state index in [0.717, 1.165) is 23.5 Å². The lowest BCUT2D eigenvalue weighted by Crippen LogP contribution is -2.55. The molecule has 1 aromatic rings. The summed E-state index contributed by atoms with van der Waals surface area (Å²) >= 11 is 6.50. The zero-order valence-electron chi connectivity index (χ0n) is 12.9. The largest absolute Gasteiger partial charge is 0.493 e. The van der Waals surface area contributed by atoms with E-state index in [1.54, 1.807) is 14.2 Å². The molecule has 3 nitrogen and oxygen atoms in total. The van der Waals surface area contributed by atoms with E-state index in [4.69, 9.17) is 25.8 Å². The van der Waals surface area contributed by atoms with Crippen LogP contribution in [0.2, 0.25) is 0 Å². The molecule has 0 N–H and O–H groups in total. The molecular formula is C17H23ClO3. The minimum Gasteiger partial charge on any atom is -0.493 e. The van der Waals surface area contributed by atoms with E-state index in [9.17, 15) is 0 Å². The number of hydrogen-bond acceptors (Lipinski definition) is 3. The fourth-order valence-corrected chi connectivity index (χ4v) is 4.32. The monoisotopic (exact) mass is 310 g/mol. The molecule has 2 aliphatic carbocycles. The Hall–Kier alpha value is -1.09. The molecule has 3 rings (SSSR count). The van der Waals surface area contributed by atoms with Gasteiger partial charge in [0, 0.05) is 17.2 Å². The summed E-state index contributed by atoms with van der Waals surface area (Å²) in [5.74, 6) is 2.18. The van der Waals surface area contributed by atoms with Gasteiger partial charge in [-0.1, -0.05) is 12.8 Å². The van der Waals surface area contributed by atoms with E-state index >= 15 is 0 Å². The summed E-state index contributed by atoms with van der Waals surface area (Å²) in [7, 11) is 3.33. The van der Waals surface area contributed by atoms with Crippen molar-refractivity contribution in [1.82, 2.24) is 0 Å². The van der Waals surface area contributed by atoms with Gasteiger partial charge >= 0.3 is 0 Å². The van der Waals surface area contributed by atoms with Crippen molar-refractivity contribution < 1.29 is 14.2 Å². The van der Waals surface area contributed by atoms with Crippen LogP contribution in [0.25, 0.3) is 0 Å². The smallest absolute Gasteiger partial charge is 0.203 e. The average Bonchev–Trinajstić information content (AvgIpc) is 3.00. The summed E-state index contributed by atoms with van der Waals surface area (Å²) in [6.07, 6.45) is 5.93. The summed E-state index contributed by atoms with van der Waals surface area (Å²) in [5.41, 5.74) is 1.25. The number of methoxy groups -OCH3 is 2. The number of aryl methyl sites for hydroxylation is 1. The molecule has 4 heteroatoms. The molecule has 0 saturated heterocycles. The summed E-state index contributed by atoms with van der Waals surface area (Å²) in [6, 6.07) is 3.96. The molecule has 21 heavy (non-hydrogen) atoms. The van der Waals surface area contributed by atoms with Gasteiger partial charge in [0.05, 0.1) is 14.2 Å². The zero-order chi connectivity index (χ0) is 15.0. The molecule has 2 saturated carbocycles. The molecule has 0 radical (unpaired) electrons. The highest BCUT2D eigenvalue weighted by atomic mass is 35.5. The SMILES string of the molecule is COc1cc(C)cc(OC)c1OC1CC(Cl)C12CCCC2. The lowest BCUT2D eigenvalue weighted by Gasteiger charge is -2.51. The van der Waals surface area contributed by atoms with Crippen LogP contribution < -0.4 is 14.2 Å². The zero-order valence-corrected chi connectivity index (χ0v) is 13.7. The van der Waals surface area contributed by atoms with Crippen molar-refractivity contribution in [3.05, 3.63) is 17.7 Å². The molecule has 2 unspecified atom stereocenters. The highest BCUT2D eigenvalue weighted by Gasteiger charge is 2.57. The first kappa shape index (κ1) is 14.8. The van der Waals surface area contributed by atoms with Gasteiger partial charge in [0.2, 0.25) is 5.75 Å². The Balaban J connectivity index is 1.88. The molecule has 2 atom stereocenters. The number of ether oxygens (including phenoxy) is 3. The van der Waals surface area contributed by atoms with Gasteiger partial charge in [0.25, 0.3) is 0 Å². The van der Waals surface area contributed by atoms with E-state index in [1.165, 1.54) is 25.7 Å². The maximum atomic E-state index is 6.50. The lowest BCUT2D eigenvalue weighted by atomic mass is 9.64. The Morgan fingerprint density at radius 3 is 2.14 bits per heavy atom. The van der Waals surface area contributed by atoms with Gasteiger partial charge in [-0.15, -0.1) is 11.6 Å². The molecule has 0 amide bonds. The third-order valence-electron chi connectivity index (χ3n) is 5.09. The molecular weight excluding hydrogens is 288 g/mol. The maximum Gasteiger partial charge on any atom is 0.203 e. The van der Waals surface area contributed by atoms with Crippen LogP contribution in [0.4, 0.5) is 0 Å². The summed E-state index contributed by atoms with van der Waals surface area (Å²) in [5, 5.41) is 0.243. The van der Waals surface area contributed by atoms with Crippen LogP contribution >= 0.6 is 11.6 Å². The van der Waals surface area contributed by atoms with E-state index in [2.05, 4.69) is 0 Å². The number of rotatable bonds is 4. The van der Waals surface area contributed by atoms with E-state index in [-0.39, 0.29) is 16.9 Å². The maximum absolute atomic E-state index is 6.50. The predicted molar refractivity (Wildman–Crippen MR) is 83.9 cm³/mol. The van der Waals surface area contributed by atoms with Gasteiger partial charge in [0.1, 0.15) is 6.10 Å². The molecule has 2 aliphatic rings. The Labute approximate surface area is 131 Å². The minimum atomic E-state index is 0.155. The summed E-state index contributed by atoms with van der Waals surface area (Å²) in [4.78, 5) is 0. The second-order valence-electron chi connectivity index (χ2n) is 6.25. The first-order valence-corrected chi connectivity index (χ1v) is 8.07. The van der Waals surface area contributed by atoms with Crippen molar-refractivity contribution in [2.45, 2.75) is 50.5 Å². The highest BCUT2D eigenvalue weighted by molar-refractivity contribution is 6.21. The van der Waals surface area contributed by atoms with Gasteiger partial charge in [-0.25, -0.2) is 0 Å². The standard InChI is InChI=1S/C17H23ClO3/c1-11-8-12(19-2)16(13(9-11)20-3)21-15-10-14(18)17(15)6-4-5-7-17/h8-9,14-15H,4-7,10H2,1-3H3. The number of halogens is 1. The molecule has 116 valence electrons. The molecule has 1 aromatic carbocycles. The van der Waals surface area contributed by atoms with Crippen LogP contribution in [0.5, 0.6) is 17.2 Å². The third kappa shape index (κ3) is 2.36. The Morgan fingerprint density at radius 1 is 1.10 bits per heavy atom. The van der Waals surface area contributed by atoms with E-state index in [0.29, 0.717) is 5.75 Å². The van der Waals surface area contributed by atoms with E-state index in [1.807, 2.05) is 19.1 Å². The fourth-order valence-electron chi connectivity index (χ4n) is 3.80. The Bertz CT molecular complexity index is 498. The van der Waals surface area contributed by atoms with Gasteiger partial charge in [-0.2, -0.15) is 0 Å². The molecule has 0 aliphatic heterocycles. The van der Waals surface area contributed by atoms with Crippen LogP contribution in [0.15, 0.2) is 12.1 Å². The van der Waals surface area contributed by atoms with Crippen LogP contribution in [0.3, 0.4) is 0 Å². The van der Waals surface area contributed by atoms with Crippen LogP contribution in [0.1, 0.15) is 37.7 Å². The van der Waals surface area contributed by atoms with Crippen LogP contribution in [-0.4, -0.2) is 25.7 Å². The predicted octanol–water partition coefficient (Wildman–Crippen LogP) is 4.33. The Morgan fingerprint density at radius 2 is 1.67 bits per heavy atom. The van der Waals surface area contributed by atoms with Crippen LogP contribution in [-0.2, 0) is 0 Å². The summed E-state index contributed by atoms with van der Waals surface area (Å²) < 4.78 is 17.3. The number of alkyl halides is 1. The van der Waals surface area contributed by atoms with Crippen molar-refractivity contribution in [3.63, 3.8) is 0 Å². The van der Waals surface area contributed by atoms with Gasteiger partial charge in [-0.05, 0) is 37.5 Å². The minimum absolute atomic E-state index is 0.155. The second-order valence-corrected chi connectivity index (χ2v) is 6.78. The fraction of sp³-hybridized carbons (Fsp3) is 0.647. The first-order chi connectivity index (χ1) is 10.1. The van der Waals surface area contributed by atoms with Crippen molar-refractivity contribution in [2.75, 3.05) is 14.2 Å². The average molecular weight is 311 g/mol. The second kappa shape index (κ2) is 5.60. The highest BCUT2D eigenvalue weighted by Crippen LogP contribution is 2.58. The molecule has 0 aromatic heterocycles. The molecule has 0 heterocycles. The normalized spacial score (nSPS) is 26.5. The van der Waals surface area contributed by atoms with Gasteiger partial charge in [-0.3, -0.25) is 0 Å². The Kier molecular flexibility index (Phi) is 3.96. The van der Waals surface area contributed by atoms with Gasteiger partial charge in [0.15, 0.2) is 11.5 Å². The van der Waals surface area contributed by atoms with Crippen molar-refractivity contribution in [2.24, 2.45) is 5.41 Å². The molecule has 1 spiro atoms. The van der Waals surface area contributed by atoms with Crippen LogP contribution in [0, 0.1) is 12.3 Å². The lowest BCUT2D eigenvalue weighted by molar-refractivity contribution is -0.0379. The quantitative estimate of drug-likeness (QED) is 0.775.